The Hall–Kier alpha value is 0.780. The fraction of sp³-hybridized carbons (Fsp3) is 0.0500. The summed E-state index contributed by atoms with van der Waals surface area (Å²) in [5.74, 6) is -0.437. The van der Waals surface area contributed by atoms with Crippen LogP contribution in [0.3, 0.4) is 0 Å². The molecule has 0 bridgehead atoms. The van der Waals surface area contributed by atoms with Gasteiger partial charge in [-0.1, -0.05) is 76.2 Å². The number of benzene rings is 3. The summed E-state index contributed by atoms with van der Waals surface area (Å²) < 4.78 is 12.3. The molecule has 3 nitrogen and oxygen atoms in total. The lowest BCUT2D eigenvalue weighted by Gasteiger charge is -2.24. The van der Waals surface area contributed by atoms with Crippen molar-refractivity contribution in [2.45, 2.75) is 4.52 Å². The summed E-state index contributed by atoms with van der Waals surface area (Å²) in [6, 6.07) is 9.24. The van der Waals surface area contributed by atoms with Gasteiger partial charge in [0.25, 0.3) is 4.52 Å². The van der Waals surface area contributed by atoms with Crippen molar-refractivity contribution in [1.82, 2.24) is 0 Å². The molecule has 0 fully saturated rings. The highest BCUT2D eigenvalue weighted by Crippen LogP contribution is 2.49. The van der Waals surface area contributed by atoms with Crippen molar-refractivity contribution in [3.63, 3.8) is 0 Å². The van der Waals surface area contributed by atoms with E-state index in [0.717, 1.165) is 0 Å². The van der Waals surface area contributed by atoms with Crippen LogP contribution in [0.4, 0.5) is 0 Å². The van der Waals surface area contributed by atoms with E-state index in [-0.39, 0.29) is 37.7 Å². The molecule has 0 spiro atoms. The second-order valence-corrected chi connectivity index (χ2v) is 12.5. The monoisotopic (exact) mass is 863 g/mol. The molecule has 13 heteroatoms. The van der Waals surface area contributed by atoms with Gasteiger partial charge in [-0.25, -0.2) is 4.79 Å². The van der Waals surface area contributed by atoms with Crippen molar-refractivity contribution >= 4 is 144 Å². The molecule has 0 heterocycles. The van der Waals surface area contributed by atoms with E-state index in [1.807, 2.05) is 0 Å². The van der Waals surface area contributed by atoms with Crippen LogP contribution in [0.15, 0.2) is 58.8 Å². The molecule has 0 saturated heterocycles. The van der Waals surface area contributed by atoms with Crippen LogP contribution >= 0.6 is 138 Å². The van der Waals surface area contributed by atoms with Crippen molar-refractivity contribution in [1.29, 1.82) is 0 Å². The van der Waals surface area contributed by atoms with Crippen LogP contribution in [0.5, 0.6) is 11.5 Å². The minimum Gasteiger partial charge on any atom is -0.452 e. The molecule has 0 radical (unpaired) electrons. The van der Waals surface area contributed by atoms with E-state index in [9.17, 15) is 4.79 Å². The highest BCUT2D eigenvalue weighted by atomic mass is 79.9. The Labute approximate surface area is 256 Å². The zero-order chi connectivity index (χ0) is 24.7. The van der Waals surface area contributed by atoms with Crippen molar-refractivity contribution in [2.75, 3.05) is 0 Å². The minimum absolute atomic E-state index is 0.0207. The molecule has 3 rings (SSSR count). The molecule has 0 saturated carbocycles. The highest BCUT2D eigenvalue weighted by molar-refractivity contribution is 9.15. The zero-order valence-corrected chi connectivity index (χ0v) is 27.2. The predicted octanol–water partition coefficient (Wildman–Crippen LogP) is 11.3. The maximum atomic E-state index is 13.2. The molecule has 0 atom stereocenters. The molecular weight excluding hydrogens is 865 g/mol. The minimum atomic E-state index is -2.02. The number of ether oxygens (including phenoxy) is 2. The van der Waals surface area contributed by atoms with E-state index in [1.54, 1.807) is 12.1 Å². The first-order valence-corrected chi connectivity index (χ1v) is 14.3. The van der Waals surface area contributed by atoms with Gasteiger partial charge in [0.15, 0.2) is 5.75 Å². The van der Waals surface area contributed by atoms with Gasteiger partial charge in [0.1, 0.15) is 10.8 Å². The molecule has 0 N–H and O–H groups in total. The summed E-state index contributed by atoms with van der Waals surface area (Å²) >= 11 is 48.4. The van der Waals surface area contributed by atoms with Crippen LogP contribution in [0.2, 0.25) is 15.1 Å². The van der Waals surface area contributed by atoms with Gasteiger partial charge in [0, 0.05) is 10.0 Å². The Morgan fingerprint density at radius 2 is 1.30 bits per heavy atom. The smallest absolute Gasteiger partial charge is 0.344 e. The largest absolute Gasteiger partial charge is 0.452 e. The third kappa shape index (κ3) is 6.03. The van der Waals surface area contributed by atoms with Crippen LogP contribution < -0.4 is 9.47 Å². The molecule has 3 aromatic carbocycles. The van der Waals surface area contributed by atoms with Gasteiger partial charge in [0.05, 0.1) is 33.5 Å². The van der Waals surface area contributed by atoms with E-state index in [0.29, 0.717) is 22.4 Å². The maximum absolute atomic E-state index is 13.2. The highest BCUT2D eigenvalue weighted by Gasteiger charge is 2.35. The number of carbonyl (C=O) groups excluding carboxylic acids is 1. The van der Waals surface area contributed by atoms with Gasteiger partial charge in [-0.15, -0.1) is 0 Å². The molecule has 3 aromatic rings. The quantitative estimate of drug-likeness (QED) is 0.0842. The zero-order valence-electron chi connectivity index (χ0n) is 15.5. The van der Waals surface area contributed by atoms with Crippen LogP contribution in [0, 0.1) is 0 Å². The van der Waals surface area contributed by atoms with E-state index >= 15 is 0 Å². The van der Waals surface area contributed by atoms with Gasteiger partial charge in [-0.2, -0.15) is 0 Å². The number of esters is 1. The van der Waals surface area contributed by atoms with E-state index in [4.69, 9.17) is 67.5 Å². The van der Waals surface area contributed by atoms with Gasteiger partial charge in [-0.3, -0.25) is 0 Å². The maximum Gasteiger partial charge on any atom is 0.344 e. The average Bonchev–Trinajstić information content (AvgIpc) is 2.79. The van der Waals surface area contributed by atoms with Gasteiger partial charge >= 0.3 is 5.97 Å². The number of carbonyl (C=O) groups is 1. The average molecular weight is 871 g/mol. The van der Waals surface area contributed by atoms with E-state index < -0.39 is 10.5 Å². The van der Waals surface area contributed by atoms with Gasteiger partial charge in [0.2, 0.25) is 0 Å². The normalized spacial score (nSPS) is 11.5. The lowest BCUT2D eigenvalue weighted by atomic mass is 10.1. The van der Waals surface area contributed by atoms with Crippen molar-refractivity contribution in [2.24, 2.45) is 0 Å². The summed E-state index contributed by atoms with van der Waals surface area (Å²) in [7, 11) is 0. The van der Waals surface area contributed by atoms with Crippen molar-refractivity contribution < 1.29 is 14.3 Å². The van der Waals surface area contributed by atoms with Crippen molar-refractivity contribution in [3.05, 3.63) is 85.0 Å². The lowest BCUT2D eigenvalue weighted by molar-refractivity contribution is 0.0727. The Kier molecular flexibility index (Phi) is 9.83. The summed E-state index contributed by atoms with van der Waals surface area (Å²) in [5, 5.41) is 0.330. The first-order chi connectivity index (χ1) is 15.4. The van der Waals surface area contributed by atoms with Crippen LogP contribution in [0.25, 0.3) is 0 Å². The standard InChI is InChI=1S/C20H6Br5Cl5O3/c21-11-12(22)14(24)18(15(25)13(11)23)32-19(31)7-3-1-2-4-8(7)20(29,30)33-10-6-5-9(26)16(27)17(10)28/h1-6H. The molecule has 0 aliphatic heterocycles. The second-order valence-electron chi connectivity index (χ2n) is 6.13. The SMILES string of the molecule is O=C(Oc1c(Br)c(Br)c(Br)c(Br)c1Br)c1ccccc1C(Cl)(Cl)Oc1ccc(Cl)c(Cl)c1Cl. The summed E-state index contributed by atoms with van der Waals surface area (Å²) in [6.07, 6.45) is 0. The fourth-order valence-corrected chi connectivity index (χ4v) is 6.75. The van der Waals surface area contributed by atoms with E-state index in [2.05, 4.69) is 79.6 Å². The van der Waals surface area contributed by atoms with Crippen LogP contribution in [0.1, 0.15) is 15.9 Å². The molecular formula is C20H6Br5Cl5O3. The first-order valence-electron chi connectivity index (χ1n) is 8.40. The predicted molar refractivity (Wildman–Crippen MR) is 152 cm³/mol. The molecule has 0 aromatic heterocycles. The first kappa shape index (κ1) is 28.4. The van der Waals surface area contributed by atoms with E-state index in [1.165, 1.54) is 24.3 Å². The number of hydrogen-bond donors (Lipinski definition) is 0. The molecule has 0 unspecified atom stereocenters. The Morgan fingerprint density at radius 1 is 0.758 bits per heavy atom. The summed E-state index contributed by atoms with van der Waals surface area (Å²) in [6.45, 7) is 0. The van der Waals surface area contributed by atoms with Crippen molar-refractivity contribution in [3.8, 4) is 11.5 Å². The number of rotatable bonds is 5. The number of halogens is 10. The Bertz CT molecular complexity index is 1240. The molecule has 174 valence electrons. The lowest BCUT2D eigenvalue weighted by Crippen LogP contribution is -2.24. The number of alkyl halides is 2. The van der Waals surface area contributed by atoms with Gasteiger partial charge in [-0.05, 0) is 97.8 Å². The topological polar surface area (TPSA) is 35.5 Å². The Balaban J connectivity index is 2.00. The molecule has 33 heavy (non-hydrogen) atoms. The summed E-state index contributed by atoms with van der Waals surface area (Å²) in [4.78, 5) is 13.2. The fourth-order valence-electron chi connectivity index (χ4n) is 2.52. The van der Waals surface area contributed by atoms with Gasteiger partial charge < -0.3 is 9.47 Å². The number of hydrogen-bond acceptors (Lipinski definition) is 3. The Morgan fingerprint density at radius 3 is 1.91 bits per heavy atom. The molecule has 0 aliphatic rings. The third-order valence-electron chi connectivity index (χ3n) is 4.06. The second kappa shape index (κ2) is 11.4. The van der Waals surface area contributed by atoms with Crippen LogP contribution in [-0.2, 0) is 4.52 Å². The summed E-state index contributed by atoms with van der Waals surface area (Å²) in [5.41, 5.74) is 0.190. The van der Waals surface area contributed by atoms with Crippen LogP contribution in [-0.4, -0.2) is 5.97 Å². The molecule has 0 amide bonds. The third-order valence-corrected chi connectivity index (χ3v) is 11.9. The molecule has 0 aliphatic carbocycles.